The van der Waals surface area contributed by atoms with Gasteiger partial charge in [0, 0.05) is 50.7 Å². The van der Waals surface area contributed by atoms with Crippen LogP contribution < -0.4 is 4.90 Å². The Kier molecular flexibility index (Phi) is 6.21. The van der Waals surface area contributed by atoms with E-state index in [-0.39, 0.29) is 11.6 Å². The van der Waals surface area contributed by atoms with Crippen molar-refractivity contribution in [3.05, 3.63) is 70.9 Å². The molecule has 0 N–H and O–H groups in total. The Balaban J connectivity index is 1.22. The summed E-state index contributed by atoms with van der Waals surface area (Å²) >= 11 is 0. The van der Waals surface area contributed by atoms with Crippen molar-refractivity contribution in [2.24, 2.45) is 0 Å². The topological polar surface area (TPSA) is 106 Å². The van der Waals surface area contributed by atoms with Gasteiger partial charge in [-0.3, -0.25) is 14.9 Å². The monoisotopic (exact) mass is 421 g/mol. The molecule has 31 heavy (non-hydrogen) atoms. The van der Waals surface area contributed by atoms with Crippen LogP contribution in [0.15, 0.2) is 59.3 Å². The molecule has 3 aromatic rings. The van der Waals surface area contributed by atoms with Crippen LogP contribution in [0.5, 0.6) is 0 Å². The highest BCUT2D eigenvalue weighted by Crippen LogP contribution is 2.21. The number of aromatic nitrogens is 2. The van der Waals surface area contributed by atoms with Crippen LogP contribution in [0.3, 0.4) is 0 Å². The summed E-state index contributed by atoms with van der Waals surface area (Å²) in [4.78, 5) is 35.2. The van der Waals surface area contributed by atoms with E-state index in [1.165, 1.54) is 12.3 Å². The van der Waals surface area contributed by atoms with Crippen molar-refractivity contribution in [3.8, 4) is 11.3 Å². The minimum absolute atomic E-state index is 0.0282. The average molecular weight is 421 g/mol. The summed E-state index contributed by atoms with van der Waals surface area (Å²) < 4.78 is 5.79. The summed E-state index contributed by atoms with van der Waals surface area (Å²) in [6, 6.07) is 12.9. The number of hydrogen-bond donors (Lipinski definition) is 0. The molecule has 1 aliphatic heterocycles. The molecular weight excluding hydrogens is 398 g/mol. The van der Waals surface area contributed by atoms with Crippen molar-refractivity contribution in [1.82, 2.24) is 14.9 Å². The molecule has 0 saturated carbocycles. The second-order valence-electron chi connectivity index (χ2n) is 7.34. The standard InChI is InChI=1S/C22H23N5O4/c28-22(8-4-7-21-24-16-19(31-21)17-5-2-1-3-6-17)26-13-11-25(12-14-26)20-10-9-18(15-23-20)27(29)30/h1-3,5-6,9-10,15-16H,4,7-8,11-14H2. The summed E-state index contributed by atoms with van der Waals surface area (Å²) in [7, 11) is 0. The Morgan fingerprint density at radius 2 is 1.81 bits per heavy atom. The first-order valence-electron chi connectivity index (χ1n) is 10.2. The van der Waals surface area contributed by atoms with Crippen molar-refractivity contribution < 1.29 is 14.1 Å². The lowest BCUT2D eigenvalue weighted by molar-refractivity contribution is -0.385. The lowest BCUT2D eigenvalue weighted by Gasteiger charge is -2.35. The van der Waals surface area contributed by atoms with Gasteiger partial charge in [-0.1, -0.05) is 30.3 Å². The number of carbonyl (C=O) groups excluding carboxylic acids is 1. The van der Waals surface area contributed by atoms with Crippen LogP contribution in [0.2, 0.25) is 0 Å². The number of pyridine rings is 1. The Morgan fingerprint density at radius 3 is 2.48 bits per heavy atom. The van der Waals surface area contributed by atoms with Gasteiger partial charge in [0.2, 0.25) is 5.91 Å². The van der Waals surface area contributed by atoms with Crippen molar-refractivity contribution in [3.63, 3.8) is 0 Å². The quantitative estimate of drug-likeness (QED) is 0.426. The van der Waals surface area contributed by atoms with E-state index in [1.807, 2.05) is 40.1 Å². The fraction of sp³-hybridized carbons (Fsp3) is 0.318. The maximum Gasteiger partial charge on any atom is 0.287 e. The third kappa shape index (κ3) is 5.06. The normalized spacial score (nSPS) is 13.9. The van der Waals surface area contributed by atoms with Gasteiger partial charge in [0.05, 0.1) is 11.1 Å². The summed E-state index contributed by atoms with van der Waals surface area (Å²) in [5.74, 6) is 2.18. The van der Waals surface area contributed by atoms with Crippen LogP contribution in [-0.4, -0.2) is 51.9 Å². The number of amides is 1. The molecule has 9 nitrogen and oxygen atoms in total. The molecule has 1 aliphatic rings. The van der Waals surface area contributed by atoms with Gasteiger partial charge in [-0.2, -0.15) is 0 Å². The first-order chi connectivity index (χ1) is 15.1. The fourth-order valence-electron chi connectivity index (χ4n) is 3.57. The van der Waals surface area contributed by atoms with E-state index < -0.39 is 4.92 Å². The van der Waals surface area contributed by atoms with E-state index in [2.05, 4.69) is 9.97 Å². The van der Waals surface area contributed by atoms with E-state index in [0.29, 0.717) is 57.2 Å². The van der Waals surface area contributed by atoms with Crippen LogP contribution >= 0.6 is 0 Å². The first-order valence-corrected chi connectivity index (χ1v) is 10.2. The van der Waals surface area contributed by atoms with Gasteiger partial charge >= 0.3 is 0 Å². The largest absolute Gasteiger partial charge is 0.441 e. The van der Waals surface area contributed by atoms with Gasteiger partial charge in [-0.25, -0.2) is 9.97 Å². The molecule has 1 amide bonds. The number of anilines is 1. The van der Waals surface area contributed by atoms with E-state index in [4.69, 9.17) is 4.42 Å². The zero-order chi connectivity index (χ0) is 21.6. The SMILES string of the molecule is O=C(CCCc1ncc(-c2ccccc2)o1)N1CCN(c2ccc([N+](=O)[O-])cn2)CC1. The van der Waals surface area contributed by atoms with Gasteiger partial charge < -0.3 is 14.2 Å². The molecule has 1 aromatic carbocycles. The van der Waals surface area contributed by atoms with E-state index in [9.17, 15) is 14.9 Å². The first kappa shape index (κ1) is 20.5. The lowest BCUT2D eigenvalue weighted by atomic mass is 10.2. The molecule has 160 valence electrons. The summed E-state index contributed by atoms with van der Waals surface area (Å²) in [5, 5.41) is 10.7. The number of rotatable bonds is 7. The van der Waals surface area contributed by atoms with Crippen molar-refractivity contribution in [2.75, 3.05) is 31.1 Å². The molecule has 1 fully saturated rings. The Morgan fingerprint density at radius 1 is 1.03 bits per heavy atom. The number of carbonyl (C=O) groups is 1. The molecule has 4 rings (SSSR count). The maximum absolute atomic E-state index is 12.5. The van der Waals surface area contributed by atoms with Gasteiger partial charge in [0.1, 0.15) is 12.0 Å². The van der Waals surface area contributed by atoms with Gasteiger partial charge in [-0.05, 0) is 12.5 Å². The highest BCUT2D eigenvalue weighted by molar-refractivity contribution is 5.76. The fourth-order valence-corrected chi connectivity index (χ4v) is 3.57. The van der Waals surface area contributed by atoms with Crippen LogP contribution in [-0.2, 0) is 11.2 Å². The zero-order valence-electron chi connectivity index (χ0n) is 17.0. The minimum Gasteiger partial charge on any atom is -0.441 e. The number of oxazole rings is 1. The van der Waals surface area contributed by atoms with Crippen molar-refractivity contribution >= 4 is 17.4 Å². The third-order valence-electron chi connectivity index (χ3n) is 5.29. The molecule has 3 heterocycles. The molecule has 2 aromatic heterocycles. The van der Waals surface area contributed by atoms with Crippen LogP contribution in [0, 0.1) is 10.1 Å². The highest BCUT2D eigenvalue weighted by atomic mass is 16.6. The summed E-state index contributed by atoms with van der Waals surface area (Å²) in [5.41, 5.74) is 0.956. The van der Waals surface area contributed by atoms with Crippen LogP contribution in [0.25, 0.3) is 11.3 Å². The molecule has 1 saturated heterocycles. The second kappa shape index (κ2) is 9.38. The third-order valence-corrected chi connectivity index (χ3v) is 5.29. The lowest BCUT2D eigenvalue weighted by Crippen LogP contribution is -2.49. The Labute approximate surface area is 179 Å². The van der Waals surface area contributed by atoms with Gasteiger partial charge in [0.15, 0.2) is 11.7 Å². The van der Waals surface area contributed by atoms with Crippen molar-refractivity contribution in [2.45, 2.75) is 19.3 Å². The second-order valence-corrected chi connectivity index (χ2v) is 7.34. The zero-order valence-corrected chi connectivity index (χ0v) is 17.0. The molecule has 9 heteroatoms. The number of benzene rings is 1. The summed E-state index contributed by atoms with van der Waals surface area (Å²) in [6.07, 6.45) is 4.72. The predicted octanol–water partition coefficient (Wildman–Crippen LogP) is 3.32. The molecule has 0 bridgehead atoms. The van der Waals surface area contributed by atoms with Crippen LogP contribution in [0.4, 0.5) is 11.5 Å². The maximum atomic E-state index is 12.5. The predicted molar refractivity (Wildman–Crippen MR) is 115 cm³/mol. The molecule has 0 radical (unpaired) electrons. The Bertz CT molecular complexity index is 1030. The van der Waals surface area contributed by atoms with Gasteiger partial charge in [0.25, 0.3) is 5.69 Å². The van der Waals surface area contributed by atoms with E-state index >= 15 is 0 Å². The Hall–Kier alpha value is -3.75. The van der Waals surface area contributed by atoms with E-state index in [1.54, 1.807) is 12.3 Å². The number of piperazine rings is 1. The smallest absolute Gasteiger partial charge is 0.287 e. The molecule has 0 atom stereocenters. The highest BCUT2D eigenvalue weighted by Gasteiger charge is 2.22. The minimum atomic E-state index is -0.464. The van der Waals surface area contributed by atoms with E-state index in [0.717, 1.165) is 11.3 Å². The average Bonchev–Trinajstić information content (AvgIpc) is 3.29. The number of nitrogens with zero attached hydrogens (tertiary/aromatic N) is 5. The molecule has 0 unspecified atom stereocenters. The number of nitro groups is 1. The number of aryl methyl sites for hydroxylation is 1. The molecular formula is C22H23N5O4. The molecule has 0 spiro atoms. The summed E-state index contributed by atoms with van der Waals surface area (Å²) in [6.45, 7) is 2.51. The number of hydrogen-bond acceptors (Lipinski definition) is 7. The van der Waals surface area contributed by atoms with Gasteiger partial charge in [-0.15, -0.1) is 0 Å². The van der Waals surface area contributed by atoms with Crippen molar-refractivity contribution in [1.29, 1.82) is 0 Å². The van der Waals surface area contributed by atoms with Crippen LogP contribution in [0.1, 0.15) is 18.7 Å². The molecule has 0 aliphatic carbocycles.